The maximum Gasteiger partial charge on any atom is 0.150 e. The smallest absolute Gasteiger partial charge is 0.150 e. The Hall–Kier alpha value is -2.88. The van der Waals surface area contributed by atoms with Crippen LogP contribution in [-0.4, -0.2) is 22.7 Å². The SMILES string of the molecule is CCOc1ccc(-c2cc(-c3ccc(C=O)cc3)nn2C)cc1. The van der Waals surface area contributed by atoms with Gasteiger partial charge < -0.3 is 4.74 Å². The van der Waals surface area contributed by atoms with E-state index in [1.807, 2.05) is 61.1 Å². The molecule has 0 fully saturated rings. The Balaban J connectivity index is 1.92. The molecule has 3 aromatic rings. The minimum Gasteiger partial charge on any atom is -0.494 e. The topological polar surface area (TPSA) is 44.1 Å². The highest BCUT2D eigenvalue weighted by atomic mass is 16.5. The zero-order valence-electron chi connectivity index (χ0n) is 13.2. The van der Waals surface area contributed by atoms with Gasteiger partial charge >= 0.3 is 0 Å². The predicted octanol–water partition coefficient (Wildman–Crippen LogP) is 3.97. The first-order chi connectivity index (χ1) is 11.2. The zero-order chi connectivity index (χ0) is 16.2. The Morgan fingerprint density at radius 3 is 2.30 bits per heavy atom. The van der Waals surface area contributed by atoms with Gasteiger partial charge in [-0.15, -0.1) is 0 Å². The lowest BCUT2D eigenvalue weighted by Crippen LogP contribution is -1.94. The summed E-state index contributed by atoms with van der Waals surface area (Å²) >= 11 is 0. The van der Waals surface area contributed by atoms with Crippen molar-refractivity contribution in [2.45, 2.75) is 6.92 Å². The molecule has 23 heavy (non-hydrogen) atoms. The van der Waals surface area contributed by atoms with E-state index < -0.39 is 0 Å². The van der Waals surface area contributed by atoms with Gasteiger partial charge in [0.05, 0.1) is 18.0 Å². The van der Waals surface area contributed by atoms with Crippen LogP contribution in [0.2, 0.25) is 0 Å². The molecule has 0 saturated carbocycles. The maximum absolute atomic E-state index is 10.7. The third-order valence-electron chi connectivity index (χ3n) is 3.68. The molecule has 0 aliphatic heterocycles. The van der Waals surface area contributed by atoms with Crippen molar-refractivity contribution in [3.05, 3.63) is 60.2 Å². The van der Waals surface area contributed by atoms with Crippen LogP contribution in [-0.2, 0) is 7.05 Å². The van der Waals surface area contributed by atoms with Crippen molar-refractivity contribution in [3.8, 4) is 28.3 Å². The molecular weight excluding hydrogens is 288 g/mol. The first kappa shape index (κ1) is 15.0. The Bertz CT molecular complexity index is 802. The summed E-state index contributed by atoms with van der Waals surface area (Å²) in [5, 5.41) is 4.57. The van der Waals surface area contributed by atoms with Crippen LogP contribution in [0.15, 0.2) is 54.6 Å². The molecule has 2 aromatic carbocycles. The fourth-order valence-electron chi connectivity index (χ4n) is 2.50. The Kier molecular flexibility index (Phi) is 4.24. The largest absolute Gasteiger partial charge is 0.494 e. The average molecular weight is 306 g/mol. The van der Waals surface area contributed by atoms with Crippen LogP contribution in [0.5, 0.6) is 5.75 Å². The summed E-state index contributed by atoms with van der Waals surface area (Å²) in [6.07, 6.45) is 0.841. The van der Waals surface area contributed by atoms with E-state index in [-0.39, 0.29) is 0 Å². The fraction of sp³-hybridized carbons (Fsp3) is 0.158. The second kappa shape index (κ2) is 6.48. The number of carbonyl (C=O) groups is 1. The number of nitrogens with zero attached hydrogens (tertiary/aromatic N) is 2. The molecule has 0 aliphatic rings. The molecule has 0 unspecified atom stereocenters. The molecule has 0 spiro atoms. The summed E-state index contributed by atoms with van der Waals surface area (Å²) in [7, 11) is 1.93. The van der Waals surface area contributed by atoms with E-state index in [1.165, 1.54) is 0 Å². The Morgan fingerprint density at radius 2 is 1.70 bits per heavy atom. The Labute approximate surface area is 135 Å². The number of aryl methyl sites for hydroxylation is 1. The molecule has 0 atom stereocenters. The molecular formula is C19H18N2O2. The van der Waals surface area contributed by atoms with Crippen molar-refractivity contribution in [2.24, 2.45) is 7.05 Å². The van der Waals surface area contributed by atoms with E-state index in [0.29, 0.717) is 12.2 Å². The molecule has 1 aromatic heterocycles. The van der Waals surface area contributed by atoms with E-state index in [1.54, 1.807) is 12.1 Å². The molecule has 3 rings (SSSR count). The normalized spacial score (nSPS) is 10.5. The van der Waals surface area contributed by atoms with Crippen molar-refractivity contribution < 1.29 is 9.53 Å². The number of hydrogen-bond acceptors (Lipinski definition) is 3. The minimum absolute atomic E-state index is 0.659. The lowest BCUT2D eigenvalue weighted by Gasteiger charge is -2.05. The van der Waals surface area contributed by atoms with Gasteiger partial charge in [-0.05, 0) is 37.3 Å². The van der Waals surface area contributed by atoms with Gasteiger partial charge in [-0.2, -0.15) is 5.10 Å². The number of aldehydes is 1. The zero-order valence-corrected chi connectivity index (χ0v) is 13.2. The summed E-state index contributed by atoms with van der Waals surface area (Å²) in [5.74, 6) is 0.864. The summed E-state index contributed by atoms with van der Waals surface area (Å²) in [6, 6.07) is 17.5. The van der Waals surface area contributed by atoms with Crippen molar-refractivity contribution >= 4 is 6.29 Å². The lowest BCUT2D eigenvalue weighted by atomic mass is 10.1. The third kappa shape index (κ3) is 3.16. The molecule has 1 heterocycles. The van der Waals surface area contributed by atoms with E-state index >= 15 is 0 Å². The van der Waals surface area contributed by atoms with Crippen molar-refractivity contribution in [1.29, 1.82) is 0 Å². The van der Waals surface area contributed by atoms with Gasteiger partial charge in [0.25, 0.3) is 0 Å². The van der Waals surface area contributed by atoms with Crippen molar-refractivity contribution in [2.75, 3.05) is 6.61 Å². The molecule has 0 saturated heterocycles. The molecule has 0 amide bonds. The number of aromatic nitrogens is 2. The van der Waals surface area contributed by atoms with Gasteiger partial charge in [-0.1, -0.05) is 24.3 Å². The van der Waals surface area contributed by atoms with Crippen LogP contribution < -0.4 is 4.74 Å². The van der Waals surface area contributed by atoms with Crippen LogP contribution >= 0.6 is 0 Å². The van der Waals surface area contributed by atoms with Gasteiger partial charge in [0.2, 0.25) is 0 Å². The lowest BCUT2D eigenvalue weighted by molar-refractivity contribution is 0.112. The van der Waals surface area contributed by atoms with E-state index in [2.05, 4.69) is 5.10 Å². The van der Waals surface area contributed by atoms with Gasteiger partial charge in [0.15, 0.2) is 0 Å². The van der Waals surface area contributed by atoms with E-state index in [4.69, 9.17) is 4.74 Å². The summed E-state index contributed by atoms with van der Waals surface area (Å²) in [5.41, 5.74) is 4.65. The number of hydrogen-bond donors (Lipinski definition) is 0. The van der Waals surface area contributed by atoms with Gasteiger partial charge in [0, 0.05) is 23.7 Å². The predicted molar refractivity (Wildman–Crippen MR) is 90.6 cm³/mol. The van der Waals surface area contributed by atoms with Crippen LogP contribution in [0.25, 0.3) is 22.5 Å². The maximum atomic E-state index is 10.7. The van der Waals surface area contributed by atoms with Crippen LogP contribution in [0.4, 0.5) is 0 Å². The van der Waals surface area contributed by atoms with Gasteiger partial charge in [-0.25, -0.2) is 0 Å². The second-order valence-corrected chi connectivity index (χ2v) is 5.24. The van der Waals surface area contributed by atoms with E-state index in [0.717, 1.165) is 34.6 Å². The number of ether oxygens (including phenoxy) is 1. The summed E-state index contributed by atoms with van der Waals surface area (Å²) < 4.78 is 7.33. The first-order valence-corrected chi connectivity index (χ1v) is 7.54. The standard InChI is InChI=1S/C19H18N2O2/c1-3-23-17-10-8-16(9-11-17)19-12-18(20-21(19)2)15-6-4-14(13-22)5-7-15/h4-13H,3H2,1-2H3. The molecule has 0 aliphatic carbocycles. The molecule has 4 nitrogen and oxygen atoms in total. The fourth-order valence-corrected chi connectivity index (χ4v) is 2.50. The van der Waals surface area contributed by atoms with Crippen LogP contribution in [0, 0.1) is 0 Å². The third-order valence-corrected chi connectivity index (χ3v) is 3.68. The van der Waals surface area contributed by atoms with Gasteiger partial charge in [-0.3, -0.25) is 9.48 Å². The number of rotatable bonds is 5. The molecule has 0 bridgehead atoms. The monoisotopic (exact) mass is 306 g/mol. The molecule has 116 valence electrons. The molecule has 4 heteroatoms. The quantitative estimate of drug-likeness (QED) is 0.670. The van der Waals surface area contributed by atoms with Crippen LogP contribution in [0.3, 0.4) is 0 Å². The van der Waals surface area contributed by atoms with Crippen LogP contribution in [0.1, 0.15) is 17.3 Å². The molecule has 0 N–H and O–H groups in total. The number of carbonyl (C=O) groups excluding carboxylic acids is 1. The van der Waals surface area contributed by atoms with E-state index in [9.17, 15) is 4.79 Å². The van der Waals surface area contributed by atoms with Gasteiger partial charge in [0.1, 0.15) is 12.0 Å². The van der Waals surface area contributed by atoms with Crippen molar-refractivity contribution in [1.82, 2.24) is 9.78 Å². The molecule has 0 radical (unpaired) electrons. The highest BCUT2D eigenvalue weighted by molar-refractivity contribution is 5.77. The average Bonchev–Trinajstić information content (AvgIpc) is 2.98. The first-order valence-electron chi connectivity index (χ1n) is 7.54. The number of benzene rings is 2. The second-order valence-electron chi connectivity index (χ2n) is 5.24. The highest BCUT2D eigenvalue weighted by Gasteiger charge is 2.09. The Morgan fingerprint density at radius 1 is 1.04 bits per heavy atom. The minimum atomic E-state index is 0.659. The summed E-state index contributed by atoms with van der Waals surface area (Å²) in [6.45, 7) is 2.63. The van der Waals surface area contributed by atoms with Crippen molar-refractivity contribution in [3.63, 3.8) is 0 Å². The highest BCUT2D eigenvalue weighted by Crippen LogP contribution is 2.27. The summed E-state index contributed by atoms with van der Waals surface area (Å²) in [4.78, 5) is 10.7.